The van der Waals surface area contributed by atoms with E-state index in [0.29, 0.717) is 6.54 Å². The molecule has 1 aliphatic rings. The molecule has 132 valence electrons. The van der Waals surface area contributed by atoms with Gasteiger partial charge in [-0.1, -0.05) is 19.1 Å². The van der Waals surface area contributed by atoms with Gasteiger partial charge in [-0.2, -0.15) is 0 Å². The Kier molecular flexibility index (Phi) is 5.31. The molecule has 0 unspecified atom stereocenters. The number of hydrogen-bond acceptors (Lipinski definition) is 4. The van der Waals surface area contributed by atoms with Crippen LogP contribution in [-0.2, 0) is 11.2 Å². The van der Waals surface area contributed by atoms with Crippen molar-refractivity contribution in [2.24, 2.45) is 5.92 Å². The van der Waals surface area contributed by atoms with Gasteiger partial charge in [-0.25, -0.2) is 9.97 Å². The predicted octanol–water partition coefficient (Wildman–Crippen LogP) is 3.51. The Morgan fingerprint density at radius 1 is 1.24 bits per heavy atom. The van der Waals surface area contributed by atoms with Crippen molar-refractivity contribution in [3.8, 4) is 0 Å². The van der Waals surface area contributed by atoms with Crippen LogP contribution < -0.4 is 10.2 Å². The van der Waals surface area contributed by atoms with Crippen molar-refractivity contribution < 1.29 is 4.79 Å². The zero-order valence-electron chi connectivity index (χ0n) is 15.2. The third kappa shape index (κ3) is 4.35. The van der Waals surface area contributed by atoms with Crippen LogP contribution in [0.25, 0.3) is 0 Å². The standard InChI is InChI=1S/C20H26N4O/c1-4-16-7-5-9-18(12-16)23-19(25)17-8-6-10-24(13-17)20-21-14(2)11-15(3)22-20/h5,7,9,11-12,17H,4,6,8,10,13H2,1-3H3,(H,23,25)/t17-/m0/s1. The average molecular weight is 338 g/mol. The first-order chi connectivity index (χ1) is 12.0. The summed E-state index contributed by atoms with van der Waals surface area (Å²) in [5.74, 6) is 0.786. The Labute approximate surface area is 149 Å². The van der Waals surface area contributed by atoms with E-state index in [2.05, 4.69) is 33.2 Å². The quantitative estimate of drug-likeness (QED) is 0.927. The van der Waals surface area contributed by atoms with Crippen LogP contribution >= 0.6 is 0 Å². The van der Waals surface area contributed by atoms with Crippen molar-refractivity contribution in [2.75, 3.05) is 23.3 Å². The molecule has 0 saturated carbocycles. The molecule has 1 aromatic carbocycles. The fourth-order valence-corrected chi connectivity index (χ4v) is 3.33. The average Bonchev–Trinajstić information content (AvgIpc) is 2.61. The number of hydrogen-bond donors (Lipinski definition) is 1. The summed E-state index contributed by atoms with van der Waals surface area (Å²) in [6.07, 6.45) is 2.84. The predicted molar refractivity (Wildman–Crippen MR) is 101 cm³/mol. The fraction of sp³-hybridized carbons (Fsp3) is 0.450. The van der Waals surface area contributed by atoms with Crippen LogP contribution in [0.1, 0.15) is 36.7 Å². The summed E-state index contributed by atoms with van der Waals surface area (Å²) in [6.45, 7) is 7.64. The minimum Gasteiger partial charge on any atom is -0.340 e. The van der Waals surface area contributed by atoms with Crippen LogP contribution in [-0.4, -0.2) is 29.0 Å². The van der Waals surface area contributed by atoms with E-state index in [4.69, 9.17) is 0 Å². The number of amides is 1. The molecule has 5 nitrogen and oxygen atoms in total. The first kappa shape index (κ1) is 17.4. The lowest BCUT2D eigenvalue weighted by Gasteiger charge is -2.32. The molecule has 3 rings (SSSR count). The van der Waals surface area contributed by atoms with Gasteiger partial charge in [-0.05, 0) is 56.9 Å². The highest BCUT2D eigenvalue weighted by atomic mass is 16.1. The Balaban J connectivity index is 1.68. The number of aryl methyl sites for hydroxylation is 3. The monoisotopic (exact) mass is 338 g/mol. The van der Waals surface area contributed by atoms with Gasteiger partial charge < -0.3 is 10.2 Å². The van der Waals surface area contributed by atoms with Gasteiger partial charge in [0.05, 0.1) is 5.92 Å². The van der Waals surface area contributed by atoms with Crippen LogP contribution in [0.2, 0.25) is 0 Å². The van der Waals surface area contributed by atoms with Gasteiger partial charge in [-0.3, -0.25) is 4.79 Å². The Morgan fingerprint density at radius 2 is 2.00 bits per heavy atom. The molecule has 2 aromatic rings. The molecule has 1 fully saturated rings. The summed E-state index contributed by atoms with van der Waals surface area (Å²) in [5, 5.41) is 3.07. The number of aromatic nitrogens is 2. The van der Waals surface area contributed by atoms with Gasteiger partial charge in [0.1, 0.15) is 0 Å². The highest BCUT2D eigenvalue weighted by molar-refractivity contribution is 5.93. The maximum atomic E-state index is 12.7. The second-order valence-electron chi connectivity index (χ2n) is 6.78. The fourth-order valence-electron chi connectivity index (χ4n) is 3.33. The van der Waals surface area contributed by atoms with Crippen molar-refractivity contribution in [2.45, 2.75) is 40.0 Å². The number of carbonyl (C=O) groups excluding carboxylic acids is 1. The summed E-state index contributed by atoms with van der Waals surface area (Å²) < 4.78 is 0. The molecular formula is C20H26N4O. The maximum Gasteiger partial charge on any atom is 0.229 e. The molecule has 1 aliphatic heterocycles. The Bertz CT molecular complexity index is 739. The molecule has 5 heteroatoms. The highest BCUT2D eigenvalue weighted by Crippen LogP contribution is 2.22. The van der Waals surface area contributed by atoms with E-state index in [1.165, 1.54) is 5.56 Å². The lowest BCUT2D eigenvalue weighted by atomic mass is 9.97. The number of rotatable bonds is 4. The minimum absolute atomic E-state index is 0.0385. The van der Waals surface area contributed by atoms with E-state index in [9.17, 15) is 4.79 Å². The number of anilines is 2. The molecule has 0 radical (unpaired) electrons. The largest absolute Gasteiger partial charge is 0.340 e. The summed E-state index contributed by atoms with van der Waals surface area (Å²) in [6, 6.07) is 10.0. The van der Waals surface area contributed by atoms with E-state index in [-0.39, 0.29) is 11.8 Å². The summed E-state index contributed by atoms with van der Waals surface area (Å²) >= 11 is 0. The van der Waals surface area contributed by atoms with Crippen molar-refractivity contribution >= 4 is 17.5 Å². The van der Waals surface area contributed by atoms with E-state index in [1.807, 2.05) is 38.1 Å². The van der Waals surface area contributed by atoms with Gasteiger partial charge in [0.2, 0.25) is 11.9 Å². The minimum atomic E-state index is -0.0385. The Hall–Kier alpha value is -2.43. The lowest BCUT2D eigenvalue weighted by molar-refractivity contribution is -0.120. The van der Waals surface area contributed by atoms with Gasteiger partial charge in [0.25, 0.3) is 0 Å². The molecule has 1 saturated heterocycles. The number of benzene rings is 1. The molecule has 1 amide bonds. The molecule has 0 spiro atoms. The highest BCUT2D eigenvalue weighted by Gasteiger charge is 2.27. The molecule has 0 bridgehead atoms. The van der Waals surface area contributed by atoms with E-state index in [0.717, 1.165) is 48.8 Å². The number of nitrogens with one attached hydrogen (secondary N) is 1. The summed E-state index contributed by atoms with van der Waals surface area (Å²) in [5.41, 5.74) is 4.03. The Morgan fingerprint density at radius 3 is 2.72 bits per heavy atom. The van der Waals surface area contributed by atoms with Crippen LogP contribution in [0.5, 0.6) is 0 Å². The second-order valence-corrected chi connectivity index (χ2v) is 6.78. The summed E-state index contributed by atoms with van der Waals surface area (Å²) in [4.78, 5) is 23.9. The van der Waals surface area contributed by atoms with Gasteiger partial charge in [-0.15, -0.1) is 0 Å². The number of carbonyl (C=O) groups is 1. The zero-order valence-corrected chi connectivity index (χ0v) is 15.2. The van der Waals surface area contributed by atoms with Crippen LogP contribution in [0.3, 0.4) is 0 Å². The summed E-state index contributed by atoms with van der Waals surface area (Å²) in [7, 11) is 0. The molecule has 25 heavy (non-hydrogen) atoms. The normalized spacial score (nSPS) is 17.4. The van der Waals surface area contributed by atoms with E-state index < -0.39 is 0 Å². The molecule has 0 aliphatic carbocycles. The maximum absolute atomic E-state index is 12.7. The van der Waals surface area contributed by atoms with Crippen LogP contribution in [0.15, 0.2) is 30.3 Å². The first-order valence-corrected chi connectivity index (χ1v) is 9.02. The third-order valence-corrected chi connectivity index (χ3v) is 4.65. The smallest absolute Gasteiger partial charge is 0.229 e. The zero-order chi connectivity index (χ0) is 17.8. The van der Waals surface area contributed by atoms with Crippen LogP contribution in [0, 0.1) is 19.8 Å². The van der Waals surface area contributed by atoms with Gasteiger partial charge in [0.15, 0.2) is 0 Å². The van der Waals surface area contributed by atoms with Gasteiger partial charge in [0, 0.05) is 30.2 Å². The van der Waals surface area contributed by atoms with Gasteiger partial charge >= 0.3 is 0 Å². The molecule has 1 N–H and O–H groups in total. The first-order valence-electron chi connectivity index (χ1n) is 9.02. The third-order valence-electron chi connectivity index (χ3n) is 4.65. The van der Waals surface area contributed by atoms with Crippen LogP contribution in [0.4, 0.5) is 11.6 Å². The molecule has 2 heterocycles. The molecule has 1 atom stereocenters. The number of nitrogens with zero attached hydrogens (tertiary/aromatic N) is 3. The van der Waals surface area contributed by atoms with Crippen molar-refractivity contribution in [1.29, 1.82) is 0 Å². The molecular weight excluding hydrogens is 312 g/mol. The van der Waals surface area contributed by atoms with Crippen molar-refractivity contribution in [1.82, 2.24) is 9.97 Å². The second kappa shape index (κ2) is 7.64. The van der Waals surface area contributed by atoms with Crippen molar-refractivity contribution in [3.63, 3.8) is 0 Å². The number of piperidine rings is 1. The lowest BCUT2D eigenvalue weighted by Crippen LogP contribution is -2.41. The topological polar surface area (TPSA) is 58.1 Å². The molecule has 1 aromatic heterocycles. The van der Waals surface area contributed by atoms with Crippen molar-refractivity contribution in [3.05, 3.63) is 47.3 Å². The SMILES string of the molecule is CCc1cccc(NC(=O)[C@H]2CCCN(c3nc(C)cc(C)n3)C2)c1. The van der Waals surface area contributed by atoms with E-state index >= 15 is 0 Å². The van der Waals surface area contributed by atoms with E-state index in [1.54, 1.807) is 0 Å².